The number of nitro benzene ring substituents is 1. The Labute approximate surface area is 156 Å². The molecule has 0 radical (unpaired) electrons. The van der Waals surface area contributed by atoms with Crippen LogP contribution in [0.5, 0.6) is 0 Å². The van der Waals surface area contributed by atoms with Crippen molar-refractivity contribution in [3.8, 4) is 11.1 Å². The summed E-state index contributed by atoms with van der Waals surface area (Å²) in [6, 6.07) is 14.2. The maximum Gasteiger partial charge on any atom is 0.269 e. The monoisotopic (exact) mass is 364 g/mol. The number of nitrogens with one attached hydrogen (secondary N) is 1. The molecule has 0 aliphatic carbocycles. The number of anilines is 3. The summed E-state index contributed by atoms with van der Waals surface area (Å²) in [7, 11) is 0. The topological polar surface area (TPSA) is 133 Å². The van der Waals surface area contributed by atoms with Gasteiger partial charge < -0.3 is 16.8 Å². The van der Waals surface area contributed by atoms with Crippen LogP contribution in [0.4, 0.5) is 23.1 Å². The third-order valence-electron chi connectivity index (χ3n) is 4.18. The molecule has 0 spiro atoms. The van der Waals surface area contributed by atoms with E-state index in [2.05, 4.69) is 15.3 Å². The highest BCUT2D eigenvalue weighted by atomic mass is 16.6. The van der Waals surface area contributed by atoms with Gasteiger partial charge in [0.15, 0.2) is 0 Å². The summed E-state index contributed by atoms with van der Waals surface area (Å²) in [4.78, 5) is 18.6. The average Bonchev–Trinajstić information content (AvgIpc) is 2.66. The van der Waals surface area contributed by atoms with Crippen LogP contribution >= 0.6 is 0 Å². The first-order valence-corrected chi connectivity index (χ1v) is 8.47. The molecule has 8 heteroatoms. The van der Waals surface area contributed by atoms with Crippen molar-refractivity contribution in [3.63, 3.8) is 0 Å². The number of hydrogen-bond acceptors (Lipinski definition) is 7. The average molecular weight is 364 g/mol. The van der Waals surface area contributed by atoms with E-state index in [0.29, 0.717) is 18.8 Å². The maximum absolute atomic E-state index is 10.7. The fourth-order valence-corrected chi connectivity index (χ4v) is 2.81. The minimum Gasteiger partial charge on any atom is -0.383 e. The van der Waals surface area contributed by atoms with Gasteiger partial charge in [-0.1, -0.05) is 31.2 Å². The van der Waals surface area contributed by atoms with Crippen LogP contribution in [0, 0.1) is 10.1 Å². The summed E-state index contributed by atoms with van der Waals surface area (Å²) in [6.45, 7) is 2.55. The Morgan fingerprint density at radius 1 is 1.04 bits per heavy atom. The number of nitrogens with two attached hydrogens (primary N) is 2. The zero-order chi connectivity index (χ0) is 19.4. The van der Waals surface area contributed by atoms with Crippen LogP contribution in [0.2, 0.25) is 0 Å². The lowest BCUT2D eigenvalue weighted by molar-refractivity contribution is -0.384. The molecule has 2 aromatic carbocycles. The van der Waals surface area contributed by atoms with Crippen LogP contribution in [-0.4, -0.2) is 14.9 Å². The molecular formula is C19H20N6O2. The minimum absolute atomic E-state index is 0.0816. The first-order valence-electron chi connectivity index (χ1n) is 8.47. The first kappa shape index (κ1) is 18.1. The number of nitrogen functional groups attached to an aromatic ring is 2. The fraction of sp³-hybridized carbons (Fsp3) is 0.158. The normalized spacial score (nSPS) is 10.6. The zero-order valence-electron chi connectivity index (χ0n) is 14.8. The molecule has 1 heterocycles. The Morgan fingerprint density at radius 2 is 1.70 bits per heavy atom. The SMILES string of the molecule is CCc1nc(N)nc(N)c1-c1ccc(NCc2ccc([N+](=O)[O-])cc2)cc1. The molecule has 0 unspecified atom stereocenters. The van der Waals surface area contributed by atoms with Crippen molar-refractivity contribution < 1.29 is 4.92 Å². The second-order valence-corrected chi connectivity index (χ2v) is 6.00. The Balaban J connectivity index is 1.73. The highest BCUT2D eigenvalue weighted by Gasteiger charge is 2.12. The number of aryl methyl sites for hydroxylation is 1. The predicted molar refractivity (Wildman–Crippen MR) is 106 cm³/mol. The van der Waals surface area contributed by atoms with Crippen molar-refractivity contribution in [2.45, 2.75) is 19.9 Å². The van der Waals surface area contributed by atoms with Crippen LogP contribution in [-0.2, 0) is 13.0 Å². The number of hydrogen-bond donors (Lipinski definition) is 3. The second kappa shape index (κ2) is 7.69. The molecule has 3 rings (SSSR count). The van der Waals surface area contributed by atoms with E-state index in [4.69, 9.17) is 11.5 Å². The van der Waals surface area contributed by atoms with Gasteiger partial charge in [-0.3, -0.25) is 10.1 Å². The van der Waals surface area contributed by atoms with Gasteiger partial charge in [-0.2, -0.15) is 4.98 Å². The molecule has 5 N–H and O–H groups in total. The molecule has 0 amide bonds. The molecule has 0 fully saturated rings. The number of rotatable bonds is 6. The molecule has 0 atom stereocenters. The van der Waals surface area contributed by atoms with Crippen LogP contribution in [0.15, 0.2) is 48.5 Å². The second-order valence-electron chi connectivity index (χ2n) is 6.00. The zero-order valence-corrected chi connectivity index (χ0v) is 14.8. The van der Waals surface area contributed by atoms with Crippen molar-refractivity contribution in [2.75, 3.05) is 16.8 Å². The van der Waals surface area contributed by atoms with Gasteiger partial charge in [0.1, 0.15) is 5.82 Å². The van der Waals surface area contributed by atoms with E-state index < -0.39 is 4.92 Å². The maximum atomic E-state index is 10.7. The smallest absolute Gasteiger partial charge is 0.269 e. The summed E-state index contributed by atoms with van der Waals surface area (Å²) < 4.78 is 0. The Kier molecular flexibility index (Phi) is 5.16. The van der Waals surface area contributed by atoms with Crippen molar-refractivity contribution in [3.05, 3.63) is 69.9 Å². The molecule has 0 aliphatic rings. The standard InChI is InChI=1S/C19H20N6O2/c1-2-16-17(18(20)24-19(21)23-16)13-5-7-14(8-6-13)22-11-12-3-9-15(10-4-12)25(26)27/h3-10,22H,2,11H2,1H3,(H4,20,21,23,24). The Hall–Kier alpha value is -3.68. The number of nitro groups is 1. The highest BCUT2D eigenvalue weighted by Crippen LogP contribution is 2.29. The first-order chi connectivity index (χ1) is 13.0. The van der Waals surface area contributed by atoms with Gasteiger partial charge >= 0.3 is 0 Å². The van der Waals surface area contributed by atoms with E-state index in [1.54, 1.807) is 12.1 Å². The number of non-ortho nitro benzene ring substituents is 1. The van der Waals surface area contributed by atoms with E-state index in [-0.39, 0.29) is 11.6 Å². The quantitative estimate of drug-likeness (QED) is 0.451. The summed E-state index contributed by atoms with van der Waals surface area (Å²) in [5.74, 6) is 0.542. The van der Waals surface area contributed by atoms with Crippen molar-refractivity contribution >= 4 is 23.1 Å². The molecule has 1 aromatic heterocycles. The third-order valence-corrected chi connectivity index (χ3v) is 4.18. The molecule has 8 nitrogen and oxygen atoms in total. The molecule has 0 saturated heterocycles. The van der Waals surface area contributed by atoms with Crippen LogP contribution in [0.25, 0.3) is 11.1 Å². The summed E-state index contributed by atoms with van der Waals surface area (Å²) in [5, 5.41) is 14.0. The van der Waals surface area contributed by atoms with Crippen molar-refractivity contribution in [1.29, 1.82) is 0 Å². The molecule has 0 aliphatic heterocycles. The van der Waals surface area contributed by atoms with Crippen molar-refractivity contribution in [1.82, 2.24) is 9.97 Å². The van der Waals surface area contributed by atoms with Crippen molar-refractivity contribution in [2.24, 2.45) is 0 Å². The molecule has 3 aromatic rings. The van der Waals surface area contributed by atoms with E-state index in [0.717, 1.165) is 28.1 Å². The van der Waals surface area contributed by atoms with Gasteiger partial charge in [-0.05, 0) is 29.7 Å². The Bertz CT molecular complexity index is 955. The van der Waals surface area contributed by atoms with E-state index in [1.807, 2.05) is 31.2 Å². The van der Waals surface area contributed by atoms with E-state index in [9.17, 15) is 10.1 Å². The lowest BCUT2D eigenvalue weighted by Crippen LogP contribution is -2.06. The van der Waals surface area contributed by atoms with Gasteiger partial charge in [0, 0.05) is 29.9 Å². The summed E-state index contributed by atoms with van der Waals surface area (Å²) in [5.41, 5.74) is 16.2. The summed E-state index contributed by atoms with van der Waals surface area (Å²) in [6.07, 6.45) is 0.701. The summed E-state index contributed by atoms with van der Waals surface area (Å²) >= 11 is 0. The van der Waals surface area contributed by atoms with E-state index >= 15 is 0 Å². The lowest BCUT2D eigenvalue weighted by atomic mass is 10.0. The van der Waals surface area contributed by atoms with Gasteiger partial charge in [0.2, 0.25) is 5.95 Å². The largest absolute Gasteiger partial charge is 0.383 e. The third kappa shape index (κ3) is 4.12. The molecular weight excluding hydrogens is 344 g/mol. The molecule has 27 heavy (non-hydrogen) atoms. The molecule has 0 bridgehead atoms. The van der Waals surface area contributed by atoms with Gasteiger partial charge in [0.05, 0.1) is 10.6 Å². The van der Waals surface area contributed by atoms with Crippen LogP contribution < -0.4 is 16.8 Å². The number of aromatic nitrogens is 2. The fourth-order valence-electron chi connectivity index (χ4n) is 2.81. The van der Waals surface area contributed by atoms with Gasteiger partial charge in [-0.25, -0.2) is 4.98 Å². The minimum atomic E-state index is -0.410. The van der Waals surface area contributed by atoms with Crippen LogP contribution in [0.3, 0.4) is 0 Å². The molecule has 138 valence electrons. The number of nitrogens with zero attached hydrogens (tertiary/aromatic N) is 3. The van der Waals surface area contributed by atoms with Gasteiger partial charge in [0.25, 0.3) is 5.69 Å². The van der Waals surface area contributed by atoms with Crippen LogP contribution in [0.1, 0.15) is 18.2 Å². The molecule has 0 saturated carbocycles. The van der Waals surface area contributed by atoms with Gasteiger partial charge in [-0.15, -0.1) is 0 Å². The number of benzene rings is 2. The predicted octanol–water partition coefficient (Wildman–Crippen LogP) is 3.39. The highest BCUT2D eigenvalue weighted by molar-refractivity contribution is 5.77. The lowest BCUT2D eigenvalue weighted by Gasteiger charge is -2.12. The van der Waals surface area contributed by atoms with E-state index in [1.165, 1.54) is 12.1 Å². The Morgan fingerprint density at radius 3 is 2.30 bits per heavy atom.